The molecule has 2 heterocycles. The zero-order valence-electron chi connectivity index (χ0n) is 12.8. The van der Waals surface area contributed by atoms with Crippen molar-refractivity contribution in [3.8, 4) is 11.5 Å². The van der Waals surface area contributed by atoms with Crippen LogP contribution in [0.3, 0.4) is 0 Å². The van der Waals surface area contributed by atoms with Gasteiger partial charge in [-0.15, -0.1) is 11.3 Å². The topological polar surface area (TPSA) is 54.9 Å². The van der Waals surface area contributed by atoms with E-state index in [1.807, 2.05) is 18.2 Å². The molecule has 0 atom stereocenters. The number of hydrogen-bond acceptors (Lipinski definition) is 4. The van der Waals surface area contributed by atoms with Gasteiger partial charge in [0.05, 0.1) is 19.8 Å². The molecule has 2 aromatic rings. The smallest absolute Gasteiger partial charge is 0.195 e. The fourth-order valence-corrected chi connectivity index (χ4v) is 3.56. The number of anilines is 1. The van der Waals surface area contributed by atoms with Crippen LogP contribution in [0.4, 0.5) is 5.69 Å². The molecule has 23 heavy (non-hydrogen) atoms. The van der Waals surface area contributed by atoms with Gasteiger partial charge in [0, 0.05) is 40.0 Å². The summed E-state index contributed by atoms with van der Waals surface area (Å²) in [7, 11) is 1.75. The molecular weight excluding hydrogens is 378 g/mol. The first-order valence-electron chi connectivity index (χ1n) is 7.35. The van der Waals surface area contributed by atoms with Crippen LogP contribution < -0.4 is 20.1 Å². The maximum Gasteiger partial charge on any atom is 0.195 e. The first-order valence-corrected chi connectivity index (χ1v) is 9.02. The third-order valence-electron chi connectivity index (χ3n) is 3.29. The van der Waals surface area contributed by atoms with E-state index in [4.69, 9.17) is 9.47 Å². The standard InChI is InChI=1S/C16H18BrN3O2S/c1-18-16(19-9-13-7-11(17)10-23-13)20-12-3-4-14-15(8-12)22-6-2-5-21-14/h3-4,7-8,10H,2,5-6,9H2,1H3,(H2,18,19,20). The lowest BCUT2D eigenvalue weighted by atomic mass is 10.3. The van der Waals surface area contributed by atoms with Gasteiger partial charge >= 0.3 is 0 Å². The molecule has 0 unspecified atom stereocenters. The summed E-state index contributed by atoms with van der Waals surface area (Å²) in [4.78, 5) is 5.49. The number of nitrogens with zero attached hydrogens (tertiary/aromatic N) is 1. The molecule has 2 N–H and O–H groups in total. The molecule has 122 valence electrons. The Hall–Kier alpha value is -1.73. The Morgan fingerprint density at radius 2 is 2.09 bits per heavy atom. The fourth-order valence-electron chi connectivity index (χ4n) is 2.17. The minimum atomic E-state index is 0.677. The molecule has 0 saturated heterocycles. The van der Waals surface area contributed by atoms with E-state index < -0.39 is 0 Å². The molecule has 0 fully saturated rings. The molecule has 7 heteroatoms. The van der Waals surface area contributed by atoms with Crippen LogP contribution in [0.5, 0.6) is 11.5 Å². The number of thiophene rings is 1. The number of aliphatic imine (C=N–C) groups is 1. The molecule has 5 nitrogen and oxygen atoms in total. The molecule has 1 aromatic heterocycles. The average molecular weight is 396 g/mol. The Morgan fingerprint density at radius 3 is 2.83 bits per heavy atom. The van der Waals surface area contributed by atoms with Crippen LogP contribution in [0.15, 0.2) is 39.1 Å². The van der Waals surface area contributed by atoms with Crippen LogP contribution in [0, 0.1) is 0 Å². The first-order chi connectivity index (χ1) is 11.2. The summed E-state index contributed by atoms with van der Waals surface area (Å²) >= 11 is 5.16. The number of rotatable bonds is 3. The Bertz CT molecular complexity index is 702. The summed E-state index contributed by atoms with van der Waals surface area (Å²) < 4.78 is 12.5. The highest BCUT2D eigenvalue weighted by molar-refractivity contribution is 9.10. The van der Waals surface area contributed by atoms with E-state index in [1.165, 1.54) is 4.88 Å². The molecule has 1 aliphatic rings. The van der Waals surface area contributed by atoms with Gasteiger partial charge in [-0.1, -0.05) is 0 Å². The van der Waals surface area contributed by atoms with Crippen LogP contribution in [0.1, 0.15) is 11.3 Å². The van der Waals surface area contributed by atoms with Crippen molar-refractivity contribution in [1.82, 2.24) is 5.32 Å². The average Bonchev–Trinajstić information content (AvgIpc) is 2.83. The Morgan fingerprint density at radius 1 is 1.26 bits per heavy atom. The number of benzene rings is 1. The predicted molar refractivity (Wildman–Crippen MR) is 97.9 cm³/mol. The molecule has 0 radical (unpaired) electrons. The second-order valence-corrected chi connectivity index (χ2v) is 6.91. The third kappa shape index (κ3) is 4.39. The van der Waals surface area contributed by atoms with E-state index in [0.29, 0.717) is 19.2 Å². The van der Waals surface area contributed by atoms with E-state index in [0.717, 1.165) is 34.6 Å². The van der Waals surface area contributed by atoms with Gasteiger partial charge in [-0.2, -0.15) is 0 Å². The number of halogens is 1. The van der Waals surface area contributed by atoms with Crippen molar-refractivity contribution in [1.29, 1.82) is 0 Å². The van der Waals surface area contributed by atoms with Gasteiger partial charge in [0.25, 0.3) is 0 Å². The highest BCUT2D eigenvalue weighted by atomic mass is 79.9. The monoisotopic (exact) mass is 395 g/mol. The molecular formula is C16H18BrN3O2S. The molecule has 1 aromatic carbocycles. The van der Waals surface area contributed by atoms with E-state index in [9.17, 15) is 0 Å². The Balaban J connectivity index is 1.63. The van der Waals surface area contributed by atoms with E-state index in [1.54, 1.807) is 18.4 Å². The number of hydrogen-bond donors (Lipinski definition) is 2. The minimum Gasteiger partial charge on any atom is -0.490 e. The molecule has 3 rings (SSSR count). The molecule has 0 spiro atoms. The van der Waals surface area contributed by atoms with Gasteiger partial charge in [-0.3, -0.25) is 4.99 Å². The quantitative estimate of drug-likeness (QED) is 0.611. The SMILES string of the molecule is CN=C(NCc1cc(Br)cs1)Nc1ccc2c(c1)OCCCO2. The first kappa shape index (κ1) is 16.1. The summed E-state index contributed by atoms with van der Waals surface area (Å²) in [6, 6.07) is 7.92. The number of ether oxygens (including phenoxy) is 2. The van der Waals surface area contributed by atoms with Crippen LogP contribution in [0.25, 0.3) is 0 Å². The lowest BCUT2D eigenvalue weighted by Gasteiger charge is -2.13. The summed E-state index contributed by atoms with van der Waals surface area (Å²) in [5.41, 5.74) is 0.912. The second-order valence-electron chi connectivity index (χ2n) is 4.99. The Labute approximate surface area is 147 Å². The Kier molecular flexibility index (Phi) is 5.40. The number of fused-ring (bicyclic) bond motifs is 1. The van der Waals surface area contributed by atoms with E-state index in [2.05, 4.69) is 43.0 Å². The second kappa shape index (κ2) is 7.70. The van der Waals surface area contributed by atoms with Crippen LogP contribution in [-0.4, -0.2) is 26.2 Å². The molecule has 0 aliphatic carbocycles. The summed E-state index contributed by atoms with van der Waals surface area (Å²) in [6.45, 7) is 2.09. The summed E-state index contributed by atoms with van der Waals surface area (Å²) in [5, 5.41) is 8.64. The lowest BCUT2D eigenvalue weighted by molar-refractivity contribution is 0.297. The largest absolute Gasteiger partial charge is 0.490 e. The highest BCUT2D eigenvalue weighted by Gasteiger charge is 2.11. The minimum absolute atomic E-state index is 0.677. The molecule has 1 aliphatic heterocycles. The van der Waals surface area contributed by atoms with Gasteiger partial charge in [-0.05, 0) is 34.1 Å². The highest BCUT2D eigenvalue weighted by Crippen LogP contribution is 2.32. The van der Waals surface area contributed by atoms with Crippen LogP contribution >= 0.6 is 27.3 Å². The summed E-state index contributed by atoms with van der Waals surface area (Å²) in [6.07, 6.45) is 0.900. The van der Waals surface area contributed by atoms with Crippen molar-refractivity contribution in [2.45, 2.75) is 13.0 Å². The van der Waals surface area contributed by atoms with Crippen molar-refractivity contribution < 1.29 is 9.47 Å². The van der Waals surface area contributed by atoms with Crippen molar-refractivity contribution in [3.05, 3.63) is 39.0 Å². The van der Waals surface area contributed by atoms with E-state index >= 15 is 0 Å². The molecule has 0 bridgehead atoms. The normalized spacial score (nSPS) is 14.3. The van der Waals surface area contributed by atoms with Gasteiger partial charge in [0.15, 0.2) is 17.5 Å². The fraction of sp³-hybridized carbons (Fsp3) is 0.312. The van der Waals surface area contributed by atoms with Crippen LogP contribution in [0.2, 0.25) is 0 Å². The van der Waals surface area contributed by atoms with Crippen molar-refractivity contribution in [2.24, 2.45) is 4.99 Å². The zero-order valence-corrected chi connectivity index (χ0v) is 15.2. The zero-order chi connectivity index (χ0) is 16.1. The van der Waals surface area contributed by atoms with Gasteiger partial charge in [-0.25, -0.2) is 0 Å². The maximum atomic E-state index is 5.71. The molecule has 0 amide bonds. The van der Waals surface area contributed by atoms with Crippen molar-refractivity contribution >= 4 is 38.9 Å². The number of nitrogens with one attached hydrogen (secondary N) is 2. The van der Waals surface area contributed by atoms with Gasteiger partial charge in [0.2, 0.25) is 0 Å². The maximum absolute atomic E-state index is 5.71. The third-order valence-corrected chi connectivity index (χ3v) is 4.98. The predicted octanol–water partition coefficient (Wildman–Crippen LogP) is 3.86. The van der Waals surface area contributed by atoms with E-state index in [-0.39, 0.29) is 0 Å². The number of guanidine groups is 1. The molecule has 0 saturated carbocycles. The van der Waals surface area contributed by atoms with Gasteiger partial charge < -0.3 is 20.1 Å². The van der Waals surface area contributed by atoms with Crippen LogP contribution in [-0.2, 0) is 6.54 Å². The van der Waals surface area contributed by atoms with Crippen molar-refractivity contribution in [2.75, 3.05) is 25.6 Å². The summed E-state index contributed by atoms with van der Waals surface area (Å²) in [5.74, 6) is 2.27. The van der Waals surface area contributed by atoms with Crippen molar-refractivity contribution in [3.63, 3.8) is 0 Å². The lowest BCUT2D eigenvalue weighted by Crippen LogP contribution is -2.29. The van der Waals surface area contributed by atoms with Gasteiger partial charge in [0.1, 0.15) is 0 Å².